The Hall–Kier alpha value is -3.67. The van der Waals surface area contributed by atoms with E-state index >= 15 is 0 Å². The van der Waals surface area contributed by atoms with Crippen LogP contribution in [-0.4, -0.2) is 65.7 Å². The summed E-state index contributed by atoms with van der Waals surface area (Å²) in [5.41, 5.74) is 0.751. The zero-order valence-electron chi connectivity index (χ0n) is 21.8. The van der Waals surface area contributed by atoms with Gasteiger partial charge in [-0.25, -0.2) is 14.1 Å². The van der Waals surface area contributed by atoms with E-state index in [-0.39, 0.29) is 18.1 Å². The predicted octanol–water partition coefficient (Wildman–Crippen LogP) is 4.52. The Labute approximate surface area is 228 Å². The number of halogens is 4. The Morgan fingerprint density at radius 1 is 1.20 bits per heavy atom. The second-order valence-electron chi connectivity index (χ2n) is 10.3. The molecule has 3 atom stereocenters. The first-order valence-electron chi connectivity index (χ1n) is 13.1. The number of imide groups is 1. The van der Waals surface area contributed by atoms with Gasteiger partial charge in [-0.3, -0.25) is 9.59 Å². The summed E-state index contributed by atoms with van der Waals surface area (Å²) in [5.74, 6) is -2.46. The highest BCUT2D eigenvalue weighted by Crippen LogP contribution is 2.46. The molecule has 2 aromatic rings. The van der Waals surface area contributed by atoms with Crippen LogP contribution in [0.3, 0.4) is 0 Å². The molecule has 2 heterocycles. The molecule has 2 fully saturated rings. The number of rotatable bonds is 8. The lowest BCUT2D eigenvalue weighted by Gasteiger charge is -2.31. The van der Waals surface area contributed by atoms with Crippen molar-refractivity contribution in [3.8, 4) is 0 Å². The number of nitrogens with zero attached hydrogens (tertiary/aromatic N) is 2. The zero-order chi connectivity index (χ0) is 28.7. The lowest BCUT2D eigenvalue weighted by molar-refractivity contribution is -0.187. The van der Waals surface area contributed by atoms with Gasteiger partial charge in [0.2, 0.25) is 11.5 Å². The molecule has 2 aromatic carbocycles. The van der Waals surface area contributed by atoms with Crippen molar-refractivity contribution in [2.45, 2.75) is 63.1 Å². The number of nitrogens with one attached hydrogen (secondary N) is 1. The summed E-state index contributed by atoms with van der Waals surface area (Å²) >= 11 is 0. The summed E-state index contributed by atoms with van der Waals surface area (Å²) in [6, 6.07) is 7.80. The van der Waals surface area contributed by atoms with Gasteiger partial charge in [-0.1, -0.05) is 18.2 Å². The molecule has 1 N–H and O–H groups in total. The van der Waals surface area contributed by atoms with E-state index in [9.17, 15) is 31.9 Å². The van der Waals surface area contributed by atoms with Crippen LogP contribution in [0.2, 0.25) is 0 Å². The third-order valence-electron chi connectivity index (χ3n) is 7.74. The van der Waals surface area contributed by atoms with Gasteiger partial charge in [0.05, 0.1) is 6.10 Å². The minimum absolute atomic E-state index is 0.130. The van der Waals surface area contributed by atoms with Gasteiger partial charge in [-0.2, -0.15) is 13.2 Å². The van der Waals surface area contributed by atoms with Gasteiger partial charge in [-0.05, 0) is 61.6 Å². The molecule has 2 aliphatic heterocycles. The number of hydrogen-bond donors (Lipinski definition) is 1. The number of hydrogen-bond acceptors (Lipinski definition) is 6. The van der Waals surface area contributed by atoms with Crippen LogP contribution in [0.5, 0.6) is 0 Å². The van der Waals surface area contributed by atoms with Gasteiger partial charge in [0.1, 0.15) is 18.4 Å². The topological polar surface area (TPSA) is 88.2 Å². The number of carbonyl (C=O) groups is 3. The third-order valence-corrected chi connectivity index (χ3v) is 7.74. The van der Waals surface area contributed by atoms with Crippen molar-refractivity contribution < 1.29 is 41.4 Å². The summed E-state index contributed by atoms with van der Waals surface area (Å²) in [5, 5.41) is 3.32. The van der Waals surface area contributed by atoms with Gasteiger partial charge < -0.3 is 19.7 Å². The van der Waals surface area contributed by atoms with Gasteiger partial charge in [0.25, 0.3) is 5.91 Å². The van der Waals surface area contributed by atoms with Crippen LogP contribution in [0.15, 0.2) is 42.5 Å². The molecule has 1 aliphatic carbocycles. The largest absolute Gasteiger partial charge is 0.427 e. The summed E-state index contributed by atoms with van der Waals surface area (Å²) in [6.45, 7) is 0.776. The highest BCUT2D eigenvalue weighted by Gasteiger charge is 2.58. The van der Waals surface area contributed by atoms with Gasteiger partial charge in [0, 0.05) is 37.4 Å². The van der Waals surface area contributed by atoms with Crippen molar-refractivity contribution in [3.63, 3.8) is 0 Å². The predicted molar refractivity (Wildman–Crippen MR) is 135 cm³/mol. The van der Waals surface area contributed by atoms with Crippen LogP contribution >= 0.6 is 0 Å². The van der Waals surface area contributed by atoms with Crippen molar-refractivity contribution in [2.75, 3.05) is 25.0 Å². The van der Waals surface area contributed by atoms with Crippen LogP contribution in [-0.2, 0) is 37.6 Å². The average molecular weight is 564 g/mol. The Balaban J connectivity index is 1.32. The first kappa shape index (κ1) is 27.9. The number of benzene rings is 2. The molecule has 0 aromatic heterocycles. The molecule has 12 heteroatoms. The van der Waals surface area contributed by atoms with E-state index in [1.807, 2.05) is 6.07 Å². The van der Waals surface area contributed by atoms with E-state index in [1.165, 1.54) is 12.1 Å². The SMILES string of the molecule is C[C@H](N(Cc1ccc(F)cc1)C(=O)CN1C(=O)O[C@@]2(CCc3cc(NCC4CCCO4)ccc32)C1=O)C(F)(F)F. The van der Waals surface area contributed by atoms with E-state index in [2.05, 4.69) is 5.32 Å². The van der Waals surface area contributed by atoms with Crippen LogP contribution in [0.25, 0.3) is 0 Å². The Kier molecular flexibility index (Phi) is 7.47. The second-order valence-corrected chi connectivity index (χ2v) is 10.3. The second kappa shape index (κ2) is 10.7. The minimum atomic E-state index is -4.77. The maximum absolute atomic E-state index is 13.6. The first-order chi connectivity index (χ1) is 19.0. The van der Waals surface area contributed by atoms with E-state index in [4.69, 9.17) is 9.47 Å². The van der Waals surface area contributed by atoms with Crippen LogP contribution in [0.4, 0.5) is 28.0 Å². The van der Waals surface area contributed by atoms with Crippen LogP contribution < -0.4 is 5.32 Å². The Bertz CT molecular complexity index is 1300. The Morgan fingerprint density at radius 3 is 2.62 bits per heavy atom. The van der Waals surface area contributed by atoms with Gasteiger partial charge in [-0.15, -0.1) is 0 Å². The zero-order valence-corrected chi connectivity index (χ0v) is 21.8. The lowest BCUT2D eigenvalue weighted by atomic mass is 9.94. The fraction of sp³-hybridized carbons (Fsp3) is 0.464. The molecule has 2 saturated heterocycles. The van der Waals surface area contributed by atoms with Gasteiger partial charge in [0.15, 0.2) is 0 Å². The maximum atomic E-state index is 13.6. The number of anilines is 1. The smallest absolute Gasteiger partial charge is 0.418 e. The summed E-state index contributed by atoms with van der Waals surface area (Å²) < 4.78 is 65.4. The van der Waals surface area contributed by atoms with E-state index in [1.54, 1.807) is 12.1 Å². The van der Waals surface area contributed by atoms with Crippen molar-refractivity contribution in [2.24, 2.45) is 0 Å². The molecular weight excluding hydrogens is 534 g/mol. The minimum Gasteiger partial charge on any atom is -0.427 e. The number of aryl methyl sites for hydroxylation is 1. The number of alkyl halides is 3. The van der Waals surface area contributed by atoms with E-state index < -0.39 is 54.6 Å². The molecule has 0 bridgehead atoms. The molecule has 3 aliphatic rings. The molecule has 1 spiro atoms. The number of amides is 3. The van der Waals surface area contributed by atoms with Crippen LogP contribution in [0.1, 0.15) is 42.9 Å². The summed E-state index contributed by atoms with van der Waals surface area (Å²) in [4.78, 5) is 40.6. The molecule has 0 saturated carbocycles. The number of fused-ring (bicyclic) bond motifs is 2. The Morgan fingerprint density at radius 2 is 1.95 bits per heavy atom. The van der Waals surface area contributed by atoms with Crippen molar-refractivity contribution in [1.29, 1.82) is 0 Å². The first-order valence-corrected chi connectivity index (χ1v) is 13.1. The molecule has 8 nitrogen and oxygen atoms in total. The highest BCUT2D eigenvalue weighted by molar-refractivity contribution is 6.06. The molecule has 1 unspecified atom stereocenters. The molecular formula is C28H29F4N3O5. The number of ether oxygens (including phenoxy) is 2. The summed E-state index contributed by atoms with van der Waals surface area (Å²) in [6.07, 6.45) is -3.14. The molecule has 40 heavy (non-hydrogen) atoms. The van der Waals surface area contributed by atoms with E-state index in [0.29, 0.717) is 28.3 Å². The quantitative estimate of drug-likeness (QED) is 0.476. The van der Waals surface area contributed by atoms with Crippen molar-refractivity contribution >= 4 is 23.6 Å². The molecule has 214 valence electrons. The number of carbonyl (C=O) groups excluding carboxylic acids is 3. The fourth-order valence-electron chi connectivity index (χ4n) is 5.43. The fourth-order valence-corrected chi connectivity index (χ4v) is 5.43. The van der Waals surface area contributed by atoms with Crippen LogP contribution in [0, 0.1) is 5.82 Å². The van der Waals surface area contributed by atoms with Crippen molar-refractivity contribution in [3.05, 3.63) is 65.0 Å². The van der Waals surface area contributed by atoms with Crippen molar-refractivity contribution in [1.82, 2.24) is 9.80 Å². The highest BCUT2D eigenvalue weighted by atomic mass is 19.4. The van der Waals surface area contributed by atoms with E-state index in [0.717, 1.165) is 49.8 Å². The molecule has 0 radical (unpaired) electrons. The molecule has 3 amide bonds. The third kappa shape index (κ3) is 5.36. The standard InChI is InChI=1S/C28H29F4N3O5/c1-17(28(30,31)32)34(15-18-4-6-20(29)7-5-18)24(36)16-35-25(37)27(40-26(35)38)11-10-19-13-21(8-9-23(19)27)33-14-22-3-2-12-39-22/h4-9,13,17,22,33H,2-3,10-12,14-16H2,1H3/t17-,22?,27+/m0/s1. The van der Waals surface area contributed by atoms with Gasteiger partial charge >= 0.3 is 12.3 Å². The normalized spacial score (nSPS) is 22.9. The maximum Gasteiger partial charge on any atom is 0.418 e. The lowest BCUT2D eigenvalue weighted by Crippen LogP contribution is -2.51. The monoisotopic (exact) mass is 563 g/mol. The summed E-state index contributed by atoms with van der Waals surface area (Å²) in [7, 11) is 0. The molecule has 5 rings (SSSR count). The average Bonchev–Trinajstić information content (AvgIpc) is 3.62.